The van der Waals surface area contributed by atoms with E-state index in [0.717, 1.165) is 13.2 Å². The van der Waals surface area contributed by atoms with Crippen LogP contribution in [0.4, 0.5) is 0 Å². The molecule has 0 aliphatic carbocycles. The highest BCUT2D eigenvalue weighted by Crippen LogP contribution is 2.35. The van der Waals surface area contributed by atoms with Crippen molar-refractivity contribution in [3.05, 3.63) is 21.9 Å². The molecule has 16 heavy (non-hydrogen) atoms. The molecule has 1 saturated heterocycles. The molecular weight excluding hydrogens is 218 g/mol. The summed E-state index contributed by atoms with van der Waals surface area (Å²) in [5.74, 6) is 0.619. The van der Waals surface area contributed by atoms with Crippen molar-refractivity contribution in [1.29, 1.82) is 0 Å². The highest BCUT2D eigenvalue weighted by atomic mass is 32.1. The van der Waals surface area contributed by atoms with Gasteiger partial charge in [-0.25, -0.2) is 0 Å². The lowest BCUT2D eigenvalue weighted by Gasteiger charge is -2.26. The molecule has 0 radical (unpaired) electrons. The molecule has 1 aromatic heterocycles. The zero-order valence-corrected chi connectivity index (χ0v) is 11.1. The molecule has 0 bridgehead atoms. The Morgan fingerprint density at radius 2 is 2.44 bits per heavy atom. The third kappa shape index (κ3) is 2.31. The first kappa shape index (κ1) is 12.1. The number of rotatable bonds is 4. The number of aryl methyl sites for hydroxylation is 1. The zero-order chi connectivity index (χ0) is 11.5. The van der Waals surface area contributed by atoms with Crippen molar-refractivity contribution in [2.75, 3.05) is 13.2 Å². The van der Waals surface area contributed by atoms with Crippen molar-refractivity contribution in [1.82, 2.24) is 5.32 Å². The van der Waals surface area contributed by atoms with Crippen molar-refractivity contribution in [2.24, 2.45) is 5.92 Å². The first-order valence-electron chi connectivity index (χ1n) is 6.13. The molecule has 90 valence electrons. The van der Waals surface area contributed by atoms with Crippen LogP contribution in [0.25, 0.3) is 0 Å². The van der Waals surface area contributed by atoms with Gasteiger partial charge in [-0.05, 0) is 43.8 Å². The average molecular weight is 239 g/mol. The Kier molecular flexibility index (Phi) is 4.00. The Hall–Kier alpha value is -0.380. The van der Waals surface area contributed by atoms with Crippen LogP contribution in [0.2, 0.25) is 0 Å². The molecule has 1 aliphatic heterocycles. The quantitative estimate of drug-likeness (QED) is 0.871. The summed E-state index contributed by atoms with van der Waals surface area (Å²) in [6.45, 7) is 8.52. The van der Waals surface area contributed by atoms with Crippen molar-refractivity contribution in [3.8, 4) is 0 Å². The van der Waals surface area contributed by atoms with Crippen LogP contribution < -0.4 is 5.32 Å². The Balaban J connectivity index is 2.20. The molecule has 0 saturated carbocycles. The van der Waals surface area contributed by atoms with E-state index in [1.54, 1.807) is 0 Å². The minimum Gasteiger partial charge on any atom is -0.378 e. The number of ether oxygens (including phenoxy) is 1. The maximum absolute atomic E-state index is 5.69. The number of hydrogen-bond donors (Lipinski definition) is 1. The van der Waals surface area contributed by atoms with E-state index in [4.69, 9.17) is 4.74 Å². The molecule has 0 aromatic carbocycles. The van der Waals surface area contributed by atoms with Crippen LogP contribution in [0.3, 0.4) is 0 Å². The summed E-state index contributed by atoms with van der Waals surface area (Å²) in [7, 11) is 0. The van der Waals surface area contributed by atoms with Gasteiger partial charge in [0.25, 0.3) is 0 Å². The maximum Gasteiger partial charge on any atom is 0.0594 e. The lowest BCUT2D eigenvalue weighted by Crippen LogP contribution is -2.31. The predicted octanol–water partition coefficient (Wildman–Crippen LogP) is 3.13. The molecule has 0 amide bonds. The van der Waals surface area contributed by atoms with E-state index >= 15 is 0 Å². The van der Waals surface area contributed by atoms with Crippen LogP contribution in [0, 0.1) is 12.8 Å². The SMILES string of the molecule is CCNC(c1ccsc1C)C1CCOC1C. The largest absolute Gasteiger partial charge is 0.378 e. The van der Waals surface area contributed by atoms with Crippen molar-refractivity contribution in [2.45, 2.75) is 39.3 Å². The molecule has 1 aromatic rings. The van der Waals surface area contributed by atoms with Crippen molar-refractivity contribution in [3.63, 3.8) is 0 Å². The summed E-state index contributed by atoms with van der Waals surface area (Å²) in [6, 6.07) is 2.73. The minimum atomic E-state index is 0.378. The first-order valence-corrected chi connectivity index (χ1v) is 7.01. The van der Waals surface area contributed by atoms with Gasteiger partial charge in [-0.15, -0.1) is 11.3 Å². The van der Waals surface area contributed by atoms with E-state index in [1.807, 2.05) is 11.3 Å². The summed E-state index contributed by atoms with van der Waals surface area (Å²) in [5, 5.41) is 5.81. The van der Waals surface area contributed by atoms with Gasteiger partial charge < -0.3 is 10.1 Å². The van der Waals surface area contributed by atoms with Crippen LogP contribution in [-0.2, 0) is 4.74 Å². The van der Waals surface area contributed by atoms with Gasteiger partial charge in [-0.1, -0.05) is 6.92 Å². The van der Waals surface area contributed by atoms with Crippen LogP contribution in [0.5, 0.6) is 0 Å². The van der Waals surface area contributed by atoms with Crippen LogP contribution in [-0.4, -0.2) is 19.3 Å². The summed E-state index contributed by atoms with van der Waals surface area (Å²) in [4.78, 5) is 1.44. The van der Waals surface area contributed by atoms with E-state index < -0.39 is 0 Å². The number of hydrogen-bond acceptors (Lipinski definition) is 3. The lowest BCUT2D eigenvalue weighted by molar-refractivity contribution is 0.0956. The molecule has 3 atom stereocenters. The monoisotopic (exact) mass is 239 g/mol. The Labute approximate surface area is 102 Å². The standard InChI is InChI=1S/C13H21NOS/c1-4-14-13(11-5-7-15-9(11)2)12-6-8-16-10(12)3/h6,8-9,11,13-14H,4-5,7H2,1-3H3. The molecule has 1 N–H and O–H groups in total. The number of nitrogens with one attached hydrogen (secondary N) is 1. The smallest absolute Gasteiger partial charge is 0.0594 e. The molecule has 3 heteroatoms. The van der Waals surface area contributed by atoms with Gasteiger partial charge in [0.2, 0.25) is 0 Å². The second-order valence-corrected chi connectivity index (χ2v) is 5.62. The summed E-state index contributed by atoms with van der Waals surface area (Å²) < 4.78 is 5.69. The van der Waals surface area contributed by atoms with Gasteiger partial charge in [0.1, 0.15) is 0 Å². The van der Waals surface area contributed by atoms with Gasteiger partial charge >= 0.3 is 0 Å². The highest BCUT2D eigenvalue weighted by molar-refractivity contribution is 7.10. The molecule has 0 spiro atoms. The Morgan fingerprint density at radius 1 is 1.62 bits per heavy atom. The van der Waals surface area contributed by atoms with Gasteiger partial charge in [-0.3, -0.25) is 0 Å². The summed E-state index contributed by atoms with van der Waals surface area (Å²) >= 11 is 1.84. The van der Waals surface area contributed by atoms with Crippen molar-refractivity contribution < 1.29 is 4.74 Å². The van der Waals surface area contributed by atoms with Crippen LogP contribution in [0.15, 0.2) is 11.4 Å². The molecule has 1 fully saturated rings. The molecule has 2 nitrogen and oxygen atoms in total. The van der Waals surface area contributed by atoms with E-state index in [2.05, 4.69) is 37.5 Å². The van der Waals surface area contributed by atoms with Crippen molar-refractivity contribution >= 4 is 11.3 Å². The predicted molar refractivity (Wildman–Crippen MR) is 69.0 cm³/mol. The minimum absolute atomic E-state index is 0.378. The number of thiophene rings is 1. The van der Waals surface area contributed by atoms with Crippen LogP contribution >= 0.6 is 11.3 Å². The fourth-order valence-electron chi connectivity index (χ4n) is 2.62. The lowest BCUT2D eigenvalue weighted by atomic mass is 9.88. The second kappa shape index (κ2) is 5.30. The maximum atomic E-state index is 5.69. The molecule has 2 heterocycles. The Bertz CT molecular complexity index is 336. The Morgan fingerprint density at radius 3 is 2.94 bits per heavy atom. The topological polar surface area (TPSA) is 21.3 Å². The highest BCUT2D eigenvalue weighted by Gasteiger charge is 2.33. The molecule has 1 aliphatic rings. The third-order valence-electron chi connectivity index (χ3n) is 3.52. The fraction of sp³-hybridized carbons (Fsp3) is 0.692. The first-order chi connectivity index (χ1) is 7.74. The van der Waals surface area contributed by atoms with Gasteiger partial charge in [0, 0.05) is 23.4 Å². The van der Waals surface area contributed by atoms with E-state index in [9.17, 15) is 0 Å². The zero-order valence-electron chi connectivity index (χ0n) is 10.3. The summed E-state index contributed by atoms with van der Waals surface area (Å²) in [5.41, 5.74) is 1.47. The van der Waals surface area contributed by atoms with Gasteiger partial charge in [0.15, 0.2) is 0 Å². The molecule has 3 unspecified atom stereocenters. The van der Waals surface area contributed by atoms with E-state index in [-0.39, 0.29) is 0 Å². The van der Waals surface area contributed by atoms with Gasteiger partial charge in [0.05, 0.1) is 6.10 Å². The fourth-order valence-corrected chi connectivity index (χ4v) is 3.37. The average Bonchev–Trinajstić information content (AvgIpc) is 2.84. The molecular formula is C13H21NOS. The van der Waals surface area contributed by atoms with Gasteiger partial charge in [-0.2, -0.15) is 0 Å². The normalized spacial score (nSPS) is 27.2. The van der Waals surface area contributed by atoms with E-state index in [0.29, 0.717) is 18.1 Å². The van der Waals surface area contributed by atoms with Crippen LogP contribution in [0.1, 0.15) is 36.8 Å². The third-order valence-corrected chi connectivity index (χ3v) is 4.38. The second-order valence-electron chi connectivity index (χ2n) is 4.50. The van der Waals surface area contributed by atoms with E-state index in [1.165, 1.54) is 16.9 Å². The molecule has 2 rings (SSSR count). The summed E-state index contributed by atoms with van der Waals surface area (Å²) in [6.07, 6.45) is 1.55.